The highest BCUT2D eigenvalue weighted by Gasteiger charge is 2.15. The highest BCUT2D eigenvalue weighted by atomic mass is 79.9. The molecule has 1 atom stereocenters. The van der Waals surface area contributed by atoms with Crippen LogP contribution in [0.15, 0.2) is 46.9 Å². The summed E-state index contributed by atoms with van der Waals surface area (Å²) in [6.07, 6.45) is 0. The van der Waals surface area contributed by atoms with Crippen molar-refractivity contribution in [2.24, 2.45) is 5.73 Å². The first kappa shape index (κ1) is 14.8. The number of nitrogens with one attached hydrogen (secondary N) is 1. The Hall–Kier alpha value is -1.59. The highest BCUT2D eigenvalue weighted by Crippen LogP contribution is 2.30. The van der Waals surface area contributed by atoms with E-state index in [0.29, 0.717) is 12.2 Å². The maximum atomic E-state index is 13.2. The molecule has 2 aromatic carbocycles. The quantitative estimate of drug-likeness (QED) is 0.873. The second-order valence-corrected chi connectivity index (χ2v) is 5.24. The van der Waals surface area contributed by atoms with Crippen molar-refractivity contribution in [3.05, 3.63) is 58.3 Å². The van der Waals surface area contributed by atoms with Gasteiger partial charge in [-0.2, -0.15) is 0 Å². The number of hydrogen-bond donors (Lipinski definition) is 2. The summed E-state index contributed by atoms with van der Waals surface area (Å²) in [7, 11) is 1.61. The second-order valence-electron chi connectivity index (χ2n) is 4.33. The lowest BCUT2D eigenvalue weighted by molar-refractivity contribution is 0.407. The number of hydrogen-bond acceptors (Lipinski definition) is 3. The molecule has 3 N–H and O–H groups in total. The normalized spacial score (nSPS) is 12.0. The second kappa shape index (κ2) is 6.72. The van der Waals surface area contributed by atoms with E-state index in [-0.39, 0.29) is 11.9 Å². The molecule has 3 nitrogen and oxygen atoms in total. The first-order valence-corrected chi connectivity index (χ1v) is 6.99. The van der Waals surface area contributed by atoms with Crippen LogP contribution in [0.1, 0.15) is 11.6 Å². The monoisotopic (exact) mass is 338 g/mol. The van der Waals surface area contributed by atoms with E-state index in [4.69, 9.17) is 10.5 Å². The molecule has 0 amide bonds. The van der Waals surface area contributed by atoms with Gasteiger partial charge < -0.3 is 15.8 Å². The Kier molecular flexibility index (Phi) is 4.98. The molecule has 0 aliphatic carbocycles. The molecule has 0 spiro atoms. The summed E-state index contributed by atoms with van der Waals surface area (Å²) in [5, 5.41) is 3.22. The SMILES string of the molecule is COc1ccc(Br)cc1C(CN)Nc1cccc(F)c1. The molecule has 0 fully saturated rings. The molecule has 20 heavy (non-hydrogen) atoms. The summed E-state index contributed by atoms with van der Waals surface area (Å²) in [6, 6.07) is 11.9. The van der Waals surface area contributed by atoms with E-state index in [1.807, 2.05) is 18.2 Å². The van der Waals surface area contributed by atoms with Gasteiger partial charge in [0.1, 0.15) is 11.6 Å². The minimum Gasteiger partial charge on any atom is -0.496 e. The maximum absolute atomic E-state index is 13.2. The van der Waals surface area contributed by atoms with E-state index in [2.05, 4.69) is 21.2 Å². The third kappa shape index (κ3) is 3.49. The molecule has 0 saturated heterocycles. The summed E-state index contributed by atoms with van der Waals surface area (Å²) in [5.74, 6) is 0.458. The Morgan fingerprint density at radius 3 is 2.75 bits per heavy atom. The topological polar surface area (TPSA) is 47.3 Å². The van der Waals surface area contributed by atoms with Gasteiger partial charge in [-0.05, 0) is 36.4 Å². The molecule has 0 saturated carbocycles. The van der Waals surface area contributed by atoms with Gasteiger partial charge in [0.2, 0.25) is 0 Å². The summed E-state index contributed by atoms with van der Waals surface area (Å²) in [6.45, 7) is 0.364. The van der Waals surface area contributed by atoms with Crippen LogP contribution in [0, 0.1) is 5.82 Å². The van der Waals surface area contributed by atoms with Crippen LogP contribution in [0.2, 0.25) is 0 Å². The van der Waals surface area contributed by atoms with E-state index in [9.17, 15) is 4.39 Å². The Labute approximate surface area is 126 Å². The van der Waals surface area contributed by atoms with Crippen molar-refractivity contribution in [1.82, 2.24) is 0 Å². The molecular formula is C15H16BrFN2O. The third-order valence-electron chi connectivity index (χ3n) is 2.97. The van der Waals surface area contributed by atoms with Crippen molar-refractivity contribution in [2.75, 3.05) is 19.0 Å². The van der Waals surface area contributed by atoms with Gasteiger partial charge in [0.05, 0.1) is 13.2 Å². The third-order valence-corrected chi connectivity index (χ3v) is 3.46. The zero-order chi connectivity index (χ0) is 14.5. The lowest BCUT2D eigenvalue weighted by Gasteiger charge is -2.21. The minimum absolute atomic E-state index is 0.163. The van der Waals surface area contributed by atoms with Crippen molar-refractivity contribution in [3.8, 4) is 5.75 Å². The predicted molar refractivity (Wildman–Crippen MR) is 82.5 cm³/mol. The molecule has 2 rings (SSSR count). The maximum Gasteiger partial charge on any atom is 0.125 e. The lowest BCUT2D eigenvalue weighted by Crippen LogP contribution is -2.21. The predicted octanol–water partition coefficient (Wildman–Crippen LogP) is 3.71. The summed E-state index contributed by atoms with van der Waals surface area (Å²) < 4.78 is 19.5. The first-order valence-electron chi connectivity index (χ1n) is 6.19. The van der Waals surface area contributed by atoms with Gasteiger partial charge in [0.15, 0.2) is 0 Å². The molecule has 0 aromatic heterocycles. The molecule has 0 aliphatic heterocycles. The van der Waals surface area contributed by atoms with Crippen LogP contribution in [0.4, 0.5) is 10.1 Å². The van der Waals surface area contributed by atoms with Crippen LogP contribution in [0.5, 0.6) is 5.75 Å². The van der Waals surface area contributed by atoms with Crippen molar-refractivity contribution >= 4 is 21.6 Å². The van der Waals surface area contributed by atoms with Gasteiger partial charge >= 0.3 is 0 Å². The number of rotatable bonds is 5. The summed E-state index contributed by atoms with van der Waals surface area (Å²) in [4.78, 5) is 0. The fourth-order valence-electron chi connectivity index (χ4n) is 2.02. The van der Waals surface area contributed by atoms with Crippen LogP contribution in [-0.4, -0.2) is 13.7 Å². The Balaban J connectivity index is 2.30. The van der Waals surface area contributed by atoms with Crippen LogP contribution >= 0.6 is 15.9 Å². The zero-order valence-electron chi connectivity index (χ0n) is 11.1. The molecule has 0 heterocycles. The summed E-state index contributed by atoms with van der Waals surface area (Å²) >= 11 is 3.44. The molecule has 106 valence electrons. The number of nitrogens with two attached hydrogens (primary N) is 1. The fraction of sp³-hybridized carbons (Fsp3) is 0.200. The number of benzene rings is 2. The molecule has 0 radical (unpaired) electrons. The van der Waals surface area contributed by atoms with Gasteiger partial charge in [-0.3, -0.25) is 0 Å². The molecule has 2 aromatic rings. The van der Waals surface area contributed by atoms with E-state index < -0.39 is 0 Å². The largest absolute Gasteiger partial charge is 0.496 e. The number of anilines is 1. The van der Waals surface area contributed by atoms with Crippen molar-refractivity contribution in [1.29, 1.82) is 0 Å². The standard InChI is InChI=1S/C15H16BrFN2O/c1-20-15-6-5-10(16)7-13(15)14(9-18)19-12-4-2-3-11(17)8-12/h2-8,14,19H,9,18H2,1H3. The Morgan fingerprint density at radius 1 is 1.30 bits per heavy atom. The average molecular weight is 339 g/mol. The molecule has 1 unspecified atom stereocenters. The van der Waals surface area contributed by atoms with Crippen LogP contribution in [0.3, 0.4) is 0 Å². The minimum atomic E-state index is -0.285. The highest BCUT2D eigenvalue weighted by molar-refractivity contribution is 9.10. The van der Waals surface area contributed by atoms with Crippen LogP contribution in [0.25, 0.3) is 0 Å². The number of ether oxygens (including phenoxy) is 1. The molecule has 0 bridgehead atoms. The lowest BCUT2D eigenvalue weighted by atomic mass is 10.1. The van der Waals surface area contributed by atoms with E-state index in [1.165, 1.54) is 12.1 Å². The van der Waals surface area contributed by atoms with Crippen molar-refractivity contribution in [3.63, 3.8) is 0 Å². The van der Waals surface area contributed by atoms with Gasteiger partial charge in [0.25, 0.3) is 0 Å². The van der Waals surface area contributed by atoms with E-state index >= 15 is 0 Å². The van der Waals surface area contributed by atoms with E-state index in [1.54, 1.807) is 19.2 Å². The molecule has 5 heteroatoms. The molecular weight excluding hydrogens is 323 g/mol. The summed E-state index contributed by atoms with van der Waals surface area (Å²) in [5.41, 5.74) is 7.44. The number of methoxy groups -OCH3 is 1. The van der Waals surface area contributed by atoms with Gasteiger partial charge in [0, 0.05) is 22.3 Å². The van der Waals surface area contributed by atoms with Gasteiger partial charge in [-0.15, -0.1) is 0 Å². The average Bonchev–Trinajstić information content (AvgIpc) is 2.45. The first-order chi connectivity index (χ1) is 9.63. The van der Waals surface area contributed by atoms with Gasteiger partial charge in [-0.1, -0.05) is 22.0 Å². The number of halogens is 2. The van der Waals surface area contributed by atoms with E-state index in [0.717, 1.165) is 15.8 Å². The van der Waals surface area contributed by atoms with Crippen LogP contribution < -0.4 is 15.8 Å². The molecule has 0 aliphatic rings. The smallest absolute Gasteiger partial charge is 0.125 e. The van der Waals surface area contributed by atoms with Crippen LogP contribution in [-0.2, 0) is 0 Å². The van der Waals surface area contributed by atoms with Crippen molar-refractivity contribution in [2.45, 2.75) is 6.04 Å². The Bertz CT molecular complexity index is 592. The zero-order valence-corrected chi connectivity index (χ0v) is 12.7. The fourth-order valence-corrected chi connectivity index (χ4v) is 2.40. The Morgan fingerprint density at radius 2 is 2.10 bits per heavy atom. The van der Waals surface area contributed by atoms with Gasteiger partial charge in [-0.25, -0.2) is 4.39 Å². The van der Waals surface area contributed by atoms with Crippen molar-refractivity contribution < 1.29 is 9.13 Å².